The van der Waals surface area contributed by atoms with Crippen LogP contribution < -0.4 is 0 Å². The Bertz CT molecular complexity index is 520. The van der Waals surface area contributed by atoms with Gasteiger partial charge in [0.1, 0.15) is 13.2 Å². The van der Waals surface area contributed by atoms with E-state index in [0.29, 0.717) is 26.2 Å². The molecule has 0 radical (unpaired) electrons. The number of carbonyl (C=O) groups excluding carboxylic acids is 3. The number of ketones is 1. The van der Waals surface area contributed by atoms with Gasteiger partial charge >= 0.3 is 17.9 Å². The summed E-state index contributed by atoms with van der Waals surface area (Å²) in [7, 11) is 0. The summed E-state index contributed by atoms with van der Waals surface area (Å²) in [4.78, 5) is 44.1. The predicted molar refractivity (Wildman–Crippen MR) is 117 cm³/mol. The third-order valence-electron chi connectivity index (χ3n) is 4.63. The number of hydrogen-bond donors (Lipinski definition) is 1. The van der Waals surface area contributed by atoms with Crippen LogP contribution in [-0.4, -0.2) is 68.4 Å². The molecular weight excluding hydrogens is 420 g/mol. The lowest BCUT2D eigenvalue weighted by Crippen LogP contribution is -2.17. The summed E-state index contributed by atoms with van der Waals surface area (Å²) in [6.07, 6.45) is 10.6. The van der Waals surface area contributed by atoms with Crippen LogP contribution in [0.4, 0.5) is 0 Å². The van der Waals surface area contributed by atoms with E-state index in [-0.39, 0.29) is 38.6 Å². The van der Waals surface area contributed by atoms with E-state index in [2.05, 4.69) is 6.92 Å². The molecule has 9 heteroatoms. The predicted octanol–water partition coefficient (Wildman–Crippen LogP) is 3.46. The Kier molecular flexibility index (Phi) is 20.8. The smallest absolute Gasteiger partial charge is 0.372 e. The summed E-state index contributed by atoms with van der Waals surface area (Å²) in [6, 6.07) is 0. The summed E-state index contributed by atoms with van der Waals surface area (Å²) in [5.74, 6) is -3.43. The SMILES string of the molecule is CCCCCCCCCCCC(=O)OCCOCCOCCOC(=O)CCC(=O)C(=O)O. The molecule has 0 aliphatic carbocycles. The molecule has 186 valence electrons. The molecule has 0 saturated heterocycles. The van der Waals surface area contributed by atoms with Crippen molar-refractivity contribution in [2.45, 2.75) is 84.0 Å². The first-order valence-corrected chi connectivity index (χ1v) is 11.7. The molecule has 0 bridgehead atoms. The second kappa shape index (κ2) is 22.2. The van der Waals surface area contributed by atoms with Gasteiger partial charge in [0.25, 0.3) is 0 Å². The Labute approximate surface area is 191 Å². The molecule has 0 rings (SSSR count). The highest BCUT2D eigenvalue weighted by atomic mass is 16.6. The van der Waals surface area contributed by atoms with E-state index < -0.39 is 17.7 Å². The fourth-order valence-electron chi connectivity index (χ4n) is 2.80. The highest BCUT2D eigenvalue weighted by Crippen LogP contribution is 2.10. The van der Waals surface area contributed by atoms with E-state index in [1.54, 1.807) is 0 Å². The van der Waals surface area contributed by atoms with Crippen molar-refractivity contribution in [1.29, 1.82) is 0 Å². The summed E-state index contributed by atoms with van der Waals surface area (Å²) in [6.45, 7) is 3.50. The number of esters is 2. The minimum atomic E-state index is -1.56. The molecule has 0 fully saturated rings. The molecule has 0 saturated carbocycles. The third-order valence-corrected chi connectivity index (χ3v) is 4.63. The van der Waals surface area contributed by atoms with Crippen LogP contribution in [0.25, 0.3) is 0 Å². The molecule has 9 nitrogen and oxygen atoms in total. The quantitative estimate of drug-likeness (QED) is 0.139. The van der Waals surface area contributed by atoms with E-state index in [0.717, 1.165) is 12.8 Å². The summed E-state index contributed by atoms with van der Waals surface area (Å²) < 4.78 is 20.4. The zero-order valence-electron chi connectivity index (χ0n) is 19.4. The van der Waals surface area contributed by atoms with Crippen LogP contribution in [0.1, 0.15) is 84.0 Å². The van der Waals surface area contributed by atoms with Gasteiger partial charge in [0, 0.05) is 12.8 Å². The fourth-order valence-corrected chi connectivity index (χ4v) is 2.80. The Morgan fingerprint density at radius 2 is 1.00 bits per heavy atom. The second-order valence-electron chi connectivity index (χ2n) is 7.47. The summed E-state index contributed by atoms with van der Waals surface area (Å²) >= 11 is 0. The van der Waals surface area contributed by atoms with Gasteiger partial charge in [0.05, 0.1) is 32.8 Å². The molecule has 0 aliphatic rings. The van der Waals surface area contributed by atoms with Crippen molar-refractivity contribution in [3.63, 3.8) is 0 Å². The molecule has 0 amide bonds. The lowest BCUT2D eigenvalue weighted by atomic mass is 10.1. The Hall–Kier alpha value is -2.00. The van der Waals surface area contributed by atoms with E-state index in [4.69, 9.17) is 24.1 Å². The maximum absolute atomic E-state index is 11.6. The number of ether oxygens (including phenoxy) is 4. The van der Waals surface area contributed by atoms with Crippen molar-refractivity contribution in [1.82, 2.24) is 0 Å². The minimum absolute atomic E-state index is 0.0105. The molecule has 0 heterocycles. The van der Waals surface area contributed by atoms with Crippen molar-refractivity contribution in [3.05, 3.63) is 0 Å². The molecule has 0 aromatic heterocycles. The standard InChI is InChI=1S/C23H40O9/c1-2-3-4-5-6-7-8-9-10-11-21(25)31-18-16-29-14-15-30-17-19-32-22(26)13-12-20(24)23(27)28/h2-19H2,1H3,(H,27,28). The van der Waals surface area contributed by atoms with Gasteiger partial charge in [-0.1, -0.05) is 58.3 Å². The summed E-state index contributed by atoms with van der Waals surface area (Å²) in [5.41, 5.74) is 0. The number of carbonyl (C=O) groups is 4. The number of hydrogen-bond acceptors (Lipinski definition) is 8. The van der Waals surface area contributed by atoms with E-state index in [9.17, 15) is 19.2 Å². The van der Waals surface area contributed by atoms with Crippen molar-refractivity contribution >= 4 is 23.7 Å². The van der Waals surface area contributed by atoms with Gasteiger partial charge in [-0.15, -0.1) is 0 Å². The largest absolute Gasteiger partial charge is 0.476 e. The first-order chi connectivity index (χ1) is 15.5. The molecular formula is C23H40O9. The molecule has 0 aromatic rings. The monoisotopic (exact) mass is 460 g/mol. The average molecular weight is 461 g/mol. The van der Waals surface area contributed by atoms with Crippen LogP contribution in [-0.2, 0) is 38.1 Å². The zero-order valence-corrected chi connectivity index (χ0v) is 19.4. The number of aliphatic carboxylic acids is 1. The average Bonchev–Trinajstić information content (AvgIpc) is 2.77. The number of Topliss-reactive ketones (excluding diaryl/α,β-unsaturated/α-hetero) is 1. The molecule has 0 spiro atoms. The van der Waals surface area contributed by atoms with Gasteiger partial charge in [-0.05, 0) is 6.42 Å². The lowest BCUT2D eigenvalue weighted by Gasteiger charge is -2.08. The number of rotatable bonds is 23. The topological polar surface area (TPSA) is 125 Å². The van der Waals surface area contributed by atoms with Crippen LogP contribution in [0.15, 0.2) is 0 Å². The fraction of sp³-hybridized carbons (Fsp3) is 0.826. The van der Waals surface area contributed by atoms with Crippen molar-refractivity contribution in [2.75, 3.05) is 39.6 Å². The second-order valence-corrected chi connectivity index (χ2v) is 7.47. The molecule has 0 aliphatic heterocycles. The van der Waals surface area contributed by atoms with Crippen molar-refractivity contribution < 1.29 is 43.2 Å². The third kappa shape index (κ3) is 21.2. The van der Waals surface area contributed by atoms with Crippen LogP contribution in [0.5, 0.6) is 0 Å². The van der Waals surface area contributed by atoms with E-state index in [1.807, 2.05) is 0 Å². The van der Waals surface area contributed by atoms with Gasteiger partial charge in [0.2, 0.25) is 5.78 Å². The molecule has 32 heavy (non-hydrogen) atoms. The highest BCUT2D eigenvalue weighted by Gasteiger charge is 2.14. The Morgan fingerprint density at radius 1 is 0.562 bits per heavy atom. The van der Waals surface area contributed by atoms with Crippen LogP contribution in [0.3, 0.4) is 0 Å². The van der Waals surface area contributed by atoms with Gasteiger partial charge < -0.3 is 24.1 Å². The first kappa shape index (κ1) is 30.0. The number of carboxylic acids is 1. The van der Waals surface area contributed by atoms with Crippen LogP contribution >= 0.6 is 0 Å². The minimum Gasteiger partial charge on any atom is -0.476 e. The Morgan fingerprint density at radius 3 is 1.50 bits per heavy atom. The number of unbranched alkanes of at least 4 members (excludes halogenated alkanes) is 8. The molecule has 0 unspecified atom stereocenters. The normalized spacial score (nSPS) is 10.7. The molecule has 0 aromatic carbocycles. The maximum Gasteiger partial charge on any atom is 0.372 e. The lowest BCUT2D eigenvalue weighted by molar-refractivity contribution is -0.151. The summed E-state index contributed by atoms with van der Waals surface area (Å²) in [5, 5.41) is 8.40. The Balaban J connectivity index is 3.31. The molecule has 0 atom stereocenters. The van der Waals surface area contributed by atoms with E-state index in [1.165, 1.54) is 44.9 Å². The van der Waals surface area contributed by atoms with Gasteiger partial charge in [-0.2, -0.15) is 0 Å². The van der Waals surface area contributed by atoms with Crippen LogP contribution in [0, 0.1) is 0 Å². The van der Waals surface area contributed by atoms with Crippen LogP contribution in [0.2, 0.25) is 0 Å². The van der Waals surface area contributed by atoms with Crippen molar-refractivity contribution in [3.8, 4) is 0 Å². The van der Waals surface area contributed by atoms with Gasteiger partial charge in [-0.25, -0.2) is 4.79 Å². The van der Waals surface area contributed by atoms with E-state index >= 15 is 0 Å². The van der Waals surface area contributed by atoms with Crippen molar-refractivity contribution in [2.24, 2.45) is 0 Å². The maximum atomic E-state index is 11.6. The zero-order chi connectivity index (χ0) is 23.9. The first-order valence-electron chi connectivity index (χ1n) is 11.7. The number of carboxylic acid groups (broad SMARTS) is 1. The van der Waals surface area contributed by atoms with Gasteiger partial charge in [-0.3, -0.25) is 14.4 Å². The highest BCUT2D eigenvalue weighted by molar-refractivity contribution is 6.32. The molecule has 1 N–H and O–H groups in total. The van der Waals surface area contributed by atoms with Gasteiger partial charge in [0.15, 0.2) is 0 Å².